The first-order valence-electron chi connectivity index (χ1n) is 8.65. The topological polar surface area (TPSA) is 32.3 Å². The van der Waals surface area contributed by atoms with Crippen molar-refractivity contribution in [2.24, 2.45) is 0 Å². The van der Waals surface area contributed by atoms with E-state index in [0.29, 0.717) is 11.3 Å². The molecule has 1 saturated heterocycles. The molecule has 0 saturated carbocycles. The van der Waals surface area contributed by atoms with E-state index in [1.807, 2.05) is 0 Å². The second kappa shape index (κ2) is 7.43. The summed E-state index contributed by atoms with van der Waals surface area (Å²) in [4.78, 5) is 14.7. The molecule has 26 heavy (non-hydrogen) atoms. The molecule has 3 heterocycles. The van der Waals surface area contributed by atoms with Gasteiger partial charge in [0.1, 0.15) is 10.6 Å². The Bertz CT molecular complexity index is 919. The molecule has 1 aromatic carbocycles. The summed E-state index contributed by atoms with van der Waals surface area (Å²) in [7, 11) is 4.32. The lowest BCUT2D eigenvalue weighted by atomic mass is 10.0. The van der Waals surface area contributed by atoms with E-state index < -0.39 is 0 Å². The van der Waals surface area contributed by atoms with Crippen LogP contribution >= 0.6 is 38.9 Å². The van der Waals surface area contributed by atoms with Crippen molar-refractivity contribution in [3.05, 3.63) is 39.4 Å². The van der Waals surface area contributed by atoms with Crippen LogP contribution in [-0.4, -0.2) is 48.1 Å². The summed E-state index contributed by atoms with van der Waals surface area (Å²) in [6, 6.07) is 8.85. The van der Waals surface area contributed by atoms with Gasteiger partial charge < -0.3 is 9.80 Å². The highest BCUT2D eigenvalue weighted by Gasteiger charge is 2.25. The number of rotatable bonds is 3. The maximum absolute atomic E-state index is 6.25. The van der Waals surface area contributed by atoms with Gasteiger partial charge in [-0.3, -0.25) is 0 Å². The van der Waals surface area contributed by atoms with E-state index in [2.05, 4.69) is 79.4 Å². The van der Waals surface area contributed by atoms with Crippen LogP contribution in [0.2, 0.25) is 5.28 Å². The predicted octanol–water partition coefficient (Wildman–Crippen LogP) is 5.30. The van der Waals surface area contributed by atoms with Crippen molar-refractivity contribution in [3.8, 4) is 11.1 Å². The maximum atomic E-state index is 6.25. The minimum atomic E-state index is 0.316. The summed E-state index contributed by atoms with van der Waals surface area (Å²) in [5.41, 5.74) is 2.34. The van der Waals surface area contributed by atoms with Crippen LogP contribution in [0.25, 0.3) is 21.3 Å². The van der Waals surface area contributed by atoms with Crippen LogP contribution in [0.3, 0.4) is 0 Å². The number of fused-ring (bicyclic) bond motifs is 1. The molecule has 7 heteroatoms. The van der Waals surface area contributed by atoms with Gasteiger partial charge in [-0.1, -0.05) is 28.1 Å². The Hall–Kier alpha value is -1.21. The van der Waals surface area contributed by atoms with Crippen molar-refractivity contribution < 1.29 is 0 Å². The van der Waals surface area contributed by atoms with Gasteiger partial charge in [0, 0.05) is 28.5 Å². The summed E-state index contributed by atoms with van der Waals surface area (Å²) < 4.78 is 1.07. The van der Waals surface area contributed by atoms with Crippen molar-refractivity contribution >= 4 is 54.9 Å². The molecule has 0 radical (unpaired) electrons. The van der Waals surface area contributed by atoms with Crippen molar-refractivity contribution in [1.82, 2.24) is 14.9 Å². The molecule has 0 amide bonds. The first-order valence-corrected chi connectivity index (χ1v) is 10.7. The number of thiophene rings is 1. The number of likely N-dealkylation sites (tertiary alicyclic amines) is 1. The maximum Gasteiger partial charge on any atom is 0.225 e. The summed E-state index contributed by atoms with van der Waals surface area (Å²) >= 11 is 11.4. The van der Waals surface area contributed by atoms with Crippen molar-refractivity contribution in [2.45, 2.75) is 18.9 Å². The van der Waals surface area contributed by atoms with Gasteiger partial charge in [0.2, 0.25) is 5.28 Å². The van der Waals surface area contributed by atoms with Gasteiger partial charge in [0.05, 0.1) is 5.39 Å². The van der Waals surface area contributed by atoms with Gasteiger partial charge in [0.15, 0.2) is 0 Å². The van der Waals surface area contributed by atoms with E-state index in [4.69, 9.17) is 11.6 Å². The number of aromatic nitrogens is 2. The molecule has 3 aromatic rings. The molecule has 0 unspecified atom stereocenters. The lowest BCUT2D eigenvalue weighted by Gasteiger charge is -2.36. The number of anilines is 1. The van der Waals surface area contributed by atoms with E-state index in [1.165, 1.54) is 11.1 Å². The predicted molar refractivity (Wildman–Crippen MR) is 114 cm³/mol. The van der Waals surface area contributed by atoms with Crippen molar-refractivity contribution in [3.63, 3.8) is 0 Å². The monoisotopic (exact) mass is 450 g/mol. The largest absolute Gasteiger partial charge is 0.356 e. The molecule has 136 valence electrons. The fraction of sp³-hybridized carbons (Fsp3) is 0.368. The Morgan fingerprint density at radius 2 is 1.88 bits per heavy atom. The Kier molecular flexibility index (Phi) is 5.19. The molecule has 1 aliphatic rings. The number of piperidine rings is 1. The SMILES string of the molecule is CN1CCC(N(C)c2nc(Cl)nc3scc(-c4ccc(Br)cc4)c23)CC1. The first-order chi connectivity index (χ1) is 12.5. The molecular formula is C19H20BrClN4S. The van der Waals surface area contributed by atoms with E-state index in [1.54, 1.807) is 11.3 Å². The van der Waals surface area contributed by atoms with Gasteiger partial charge in [0.25, 0.3) is 0 Å². The molecule has 0 atom stereocenters. The average molecular weight is 452 g/mol. The van der Waals surface area contributed by atoms with E-state index >= 15 is 0 Å². The molecule has 0 bridgehead atoms. The Balaban J connectivity index is 1.80. The third-order valence-electron chi connectivity index (χ3n) is 5.11. The molecule has 4 nitrogen and oxygen atoms in total. The standard InChI is InChI=1S/C19H20BrClN4S/c1-24-9-7-14(8-10-24)25(2)17-16-15(12-3-5-13(20)6-4-12)11-26-18(16)23-19(21)22-17/h3-6,11,14H,7-10H2,1-2H3. The fourth-order valence-corrected chi connectivity index (χ4v) is 4.97. The second-order valence-electron chi connectivity index (χ2n) is 6.80. The molecule has 4 rings (SSSR count). The number of hydrogen-bond acceptors (Lipinski definition) is 5. The molecule has 0 spiro atoms. The molecule has 1 aliphatic heterocycles. The van der Waals surface area contributed by atoms with Crippen LogP contribution in [0.5, 0.6) is 0 Å². The van der Waals surface area contributed by atoms with Crippen LogP contribution in [0.1, 0.15) is 12.8 Å². The molecule has 0 N–H and O–H groups in total. The van der Waals surface area contributed by atoms with E-state index in [0.717, 1.165) is 46.4 Å². The number of nitrogens with zero attached hydrogens (tertiary/aromatic N) is 4. The average Bonchev–Trinajstić information content (AvgIpc) is 3.05. The third kappa shape index (κ3) is 3.48. The normalized spacial score (nSPS) is 16.3. The lowest BCUT2D eigenvalue weighted by molar-refractivity contribution is 0.252. The van der Waals surface area contributed by atoms with Gasteiger partial charge in [-0.05, 0) is 62.3 Å². The molecule has 2 aromatic heterocycles. The number of halogens is 2. The smallest absolute Gasteiger partial charge is 0.225 e. The lowest BCUT2D eigenvalue weighted by Crippen LogP contribution is -2.42. The summed E-state index contributed by atoms with van der Waals surface area (Å²) in [6.07, 6.45) is 2.27. The van der Waals surface area contributed by atoms with E-state index in [-0.39, 0.29) is 0 Å². The highest BCUT2D eigenvalue weighted by Crippen LogP contribution is 2.40. The Morgan fingerprint density at radius 1 is 1.19 bits per heavy atom. The Labute approximate surface area is 170 Å². The third-order valence-corrected chi connectivity index (χ3v) is 6.68. The Morgan fingerprint density at radius 3 is 2.58 bits per heavy atom. The summed E-state index contributed by atoms with van der Waals surface area (Å²) in [5, 5.41) is 3.57. The van der Waals surface area contributed by atoms with Crippen LogP contribution in [-0.2, 0) is 0 Å². The molecule has 0 aliphatic carbocycles. The van der Waals surface area contributed by atoms with Gasteiger partial charge in [-0.2, -0.15) is 4.98 Å². The molecule has 1 fully saturated rings. The van der Waals surface area contributed by atoms with Crippen molar-refractivity contribution in [1.29, 1.82) is 0 Å². The molecular weight excluding hydrogens is 432 g/mol. The highest BCUT2D eigenvalue weighted by atomic mass is 79.9. The van der Waals surface area contributed by atoms with Gasteiger partial charge in [-0.15, -0.1) is 11.3 Å². The van der Waals surface area contributed by atoms with Crippen molar-refractivity contribution in [2.75, 3.05) is 32.1 Å². The van der Waals surface area contributed by atoms with Crippen LogP contribution in [0.15, 0.2) is 34.1 Å². The van der Waals surface area contributed by atoms with Gasteiger partial charge >= 0.3 is 0 Å². The minimum absolute atomic E-state index is 0.316. The fourth-order valence-electron chi connectivity index (χ4n) is 3.55. The van der Waals surface area contributed by atoms with Gasteiger partial charge in [-0.25, -0.2) is 4.98 Å². The number of hydrogen-bond donors (Lipinski definition) is 0. The zero-order chi connectivity index (χ0) is 18.3. The number of benzene rings is 1. The summed E-state index contributed by atoms with van der Waals surface area (Å²) in [6.45, 7) is 2.22. The minimum Gasteiger partial charge on any atom is -0.356 e. The van der Waals surface area contributed by atoms with Crippen LogP contribution in [0, 0.1) is 0 Å². The second-order valence-corrected chi connectivity index (χ2v) is 8.91. The van der Waals surface area contributed by atoms with Crippen LogP contribution < -0.4 is 4.90 Å². The zero-order valence-electron chi connectivity index (χ0n) is 14.7. The first kappa shape index (κ1) is 18.2. The zero-order valence-corrected chi connectivity index (χ0v) is 17.9. The van der Waals surface area contributed by atoms with Crippen LogP contribution in [0.4, 0.5) is 5.82 Å². The quantitative estimate of drug-likeness (QED) is 0.506. The summed E-state index contributed by atoms with van der Waals surface area (Å²) in [5.74, 6) is 0.939. The highest BCUT2D eigenvalue weighted by molar-refractivity contribution is 9.10. The van der Waals surface area contributed by atoms with E-state index in [9.17, 15) is 0 Å².